The summed E-state index contributed by atoms with van der Waals surface area (Å²) in [4.78, 5) is 13.7. The third-order valence-electron chi connectivity index (χ3n) is 2.43. The Morgan fingerprint density at radius 2 is 2.00 bits per heavy atom. The SMILES string of the molecule is CCCN(CC(C)C)C(CCO)C(=O)OC.Cl. The van der Waals surface area contributed by atoms with Crippen molar-refractivity contribution in [3.05, 3.63) is 0 Å². The summed E-state index contributed by atoms with van der Waals surface area (Å²) in [5.74, 6) is 0.251. The van der Waals surface area contributed by atoms with E-state index in [1.807, 2.05) is 0 Å². The van der Waals surface area contributed by atoms with Crippen LogP contribution in [0.15, 0.2) is 0 Å². The van der Waals surface area contributed by atoms with Gasteiger partial charge in [0.1, 0.15) is 6.04 Å². The molecule has 4 nitrogen and oxygen atoms in total. The first-order valence-electron chi connectivity index (χ1n) is 5.99. The Kier molecular flexibility index (Phi) is 12.1. The zero-order valence-corrected chi connectivity index (χ0v) is 12.1. The molecule has 0 aliphatic rings. The van der Waals surface area contributed by atoms with Gasteiger partial charge < -0.3 is 9.84 Å². The molecule has 17 heavy (non-hydrogen) atoms. The molecule has 1 N–H and O–H groups in total. The second-order valence-electron chi connectivity index (χ2n) is 4.44. The zero-order chi connectivity index (χ0) is 12.6. The Hall–Kier alpha value is -0.320. The van der Waals surface area contributed by atoms with E-state index in [0.29, 0.717) is 12.3 Å². The van der Waals surface area contributed by atoms with Gasteiger partial charge in [-0.3, -0.25) is 9.69 Å². The summed E-state index contributed by atoms with van der Waals surface area (Å²) in [7, 11) is 1.40. The van der Waals surface area contributed by atoms with Gasteiger partial charge in [-0.25, -0.2) is 0 Å². The Morgan fingerprint density at radius 1 is 1.41 bits per heavy atom. The zero-order valence-electron chi connectivity index (χ0n) is 11.3. The molecule has 0 aromatic carbocycles. The van der Waals surface area contributed by atoms with Crippen LogP contribution in [0.2, 0.25) is 0 Å². The molecule has 1 atom stereocenters. The molecule has 5 heteroatoms. The molecule has 0 saturated heterocycles. The van der Waals surface area contributed by atoms with E-state index in [9.17, 15) is 4.79 Å². The van der Waals surface area contributed by atoms with Crippen LogP contribution < -0.4 is 0 Å². The lowest BCUT2D eigenvalue weighted by Crippen LogP contribution is -2.44. The van der Waals surface area contributed by atoms with Crippen LogP contribution in [0.4, 0.5) is 0 Å². The Balaban J connectivity index is 0. The minimum absolute atomic E-state index is 0. The summed E-state index contributed by atoms with van der Waals surface area (Å²) in [5.41, 5.74) is 0. The Labute approximate surface area is 111 Å². The predicted molar refractivity (Wildman–Crippen MR) is 71.5 cm³/mol. The highest BCUT2D eigenvalue weighted by molar-refractivity contribution is 5.85. The van der Waals surface area contributed by atoms with E-state index in [4.69, 9.17) is 9.84 Å². The number of esters is 1. The average Bonchev–Trinajstić information content (AvgIpc) is 2.23. The van der Waals surface area contributed by atoms with Crippen molar-refractivity contribution >= 4 is 18.4 Å². The van der Waals surface area contributed by atoms with Gasteiger partial charge in [-0.1, -0.05) is 20.8 Å². The Morgan fingerprint density at radius 3 is 2.35 bits per heavy atom. The van der Waals surface area contributed by atoms with E-state index >= 15 is 0 Å². The van der Waals surface area contributed by atoms with Crippen molar-refractivity contribution in [2.45, 2.75) is 39.7 Å². The van der Waals surface area contributed by atoms with E-state index < -0.39 is 0 Å². The van der Waals surface area contributed by atoms with E-state index in [1.165, 1.54) is 7.11 Å². The van der Waals surface area contributed by atoms with Gasteiger partial charge in [-0.2, -0.15) is 0 Å². The van der Waals surface area contributed by atoms with Crippen molar-refractivity contribution in [1.29, 1.82) is 0 Å². The van der Waals surface area contributed by atoms with Crippen LogP contribution in [-0.4, -0.2) is 48.8 Å². The van der Waals surface area contributed by atoms with Gasteiger partial charge in [0.05, 0.1) is 7.11 Å². The molecule has 0 aromatic heterocycles. The molecule has 0 heterocycles. The summed E-state index contributed by atoms with van der Waals surface area (Å²) in [6.45, 7) is 8.05. The highest BCUT2D eigenvalue weighted by Crippen LogP contribution is 2.10. The standard InChI is InChI=1S/C12H25NO3.ClH/c1-5-7-13(9-10(2)3)11(6-8-14)12(15)16-4;/h10-11,14H,5-9H2,1-4H3;1H. The van der Waals surface area contributed by atoms with Crippen LogP contribution >= 0.6 is 12.4 Å². The van der Waals surface area contributed by atoms with E-state index in [-0.39, 0.29) is 31.0 Å². The van der Waals surface area contributed by atoms with Crippen LogP contribution in [0.5, 0.6) is 0 Å². The predicted octanol–water partition coefficient (Wildman–Crippen LogP) is 1.70. The molecule has 104 valence electrons. The van der Waals surface area contributed by atoms with Gasteiger partial charge >= 0.3 is 5.97 Å². The van der Waals surface area contributed by atoms with Gasteiger partial charge in [-0.15, -0.1) is 12.4 Å². The first-order chi connectivity index (χ1) is 7.56. The number of nitrogens with zero attached hydrogens (tertiary/aromatic N) is 1. The lowest BCUT2D eigenvalue weighted by Gasteiger charge is -2.30. The van der Waals surface area contributed by atoms with E-state index in [1.54, 1.807) is 0 Å². The number of methoxy groups -OCH3 is 1. The molecule has 0 saturated carbocycles. The first kappa shape index (κ1) is 19.0. The molecule has 0 rings (SSSR count). The van der Waals surface area contributed by atoms with Crippen molar-refractivity contribution in [2.75, 3.05) is 26.8 Å². The van der Waals surface area contributed by atoms with Gasteiger partial charge in [0.25, 0.3) is 0 Å². The molecule has 0 fully saturated rings. The van der Waals surface area contributed by atoms with Gasteiger partial charge in [-0.05, 0) is 25.3 Å². The molecule has 0 aromatic rings. The van der Waals surface area contributed by atoms with Crippen LogP contribution in [0, 0.1) is 5.92 Å². The molecule has 0 spiro atoms. The third-order valence-corrected chi connectivity index (χ3v) is 2.43. The molecule has 0 bridgehead atoms. The fraction of sp³-hybridized carbons (Fsp3) is 0.917. The molecule has 0 aliphatic carbocycles. The molecule has 0 radical (unpaired) electrons. The maximum absolute atomic E-state index is 11.6. The second-order valence-corrected chi connectivity index (χ2v) is 4.44. The minimum Gasteiger partial charge on any atom is -0.468 e. The average molecular weight is 268 g/mol. The summed E-state index contributed by atoms with van der Waals surface area (Å²) in [5, 5.41) is 9.00. The minimum atomic E-state index is -0.308. The Bertz CT molecular complexity index is 200. The number of rotatable bonds is 8. The lowest BCUT2D eigenvalue weighted by atomic mass is 10.1. The normalized spacial score (nSPS) is 12.4. The third kappa shape index (κ3) is 7.58. The first-order valence-corrected chi connectivity index (χ1v) is 5.99. The number of aliphatic hydroxyl groups excluding tert-OH is 1. The molecular weight excluding hydrogens is 242 g/mol. The monoisotopic (exact) mass is 267 g/mol. The molecule has 1 unspecified atom stereocenters. The summed E-state index contributed by atoms with van der Waals surface area (Å²) in [6.07, 6.45) is 1.44. The fourth-order valence-electron chi connectivity index (χ4n) is 1.84. The quantitative estimate of drug-likeness (QED) is 0.680. The van der Waals surface area contributed by atoms with Crippen LogP contribution in [-0.2, 0) is 9.53 Å². The van der Waals surface area contributed by atoms with Gasteiger partial charge in [0, 0.05) is 13.2 Å². The second kappa shape index (κ2) is 10.8. The summed E-state index contributed by atoms with van der Waals surface area (Å²) < 4.78 is 4.78. The number of hydrogen-bond acceptors (Lipinski definition) is 4. The molecular formula is C12H26ClNO3. The van der Waals surface area contributed by atoms with Crippen LogP contribution in [0.3, 0.4) is 0 Å². The molecule has 0 aliphatic heterocycles. The number of carbonyl (C=O) groups is 1. The highest BCUT2D eigenvalue weighted by atomic mass is 35.5. The van der Waals surface area contributed by atoms with Crippen molar-refractivity contribution in [1.82, 2.24) is 4.90 Å². The number of ether oxygens (including phenoxy) is 1. The molecule has 0 amide bonds. The lowest BCUT2D eigenvalue weighted by molar-refractivity contribution is -0.147. The number of aliphatic hydroxyl groups is 1. The maximum atomic E-state index is 11.6. The number of halogens is 1. The topological polar surface area (TPSA) is 49.8 Å². The smallest absolute Gasteiger partial charge is 0.323 e. The van der Waals surface area contributed by atoms with Crippen molar-refractivity contribution < 1.29 is 14.6 Å². The maximum Gasteiger partial charge on any atom is 0.323 e. The van der Waals surface area contributed by atoms with Crippen molar-refractivity contribution in [2.24, 2.45) is 5.92 Å². The summed E-state index contributed by atoms with van der Waals surface area (Å²) >= 11 is 0. The van der Waals surface area contributed by atoms with Crippen LogP contribution in [0.1, 0.15) is 33.6 Å². The highest BCUT2D eigenvalue weighted by Gasteiger charge is 2.25. The van der Waals surface area contributed by atoms with E-state index in [0.717, 1.165) is 19.5 Å². The fourth-order valence-corrected chi connectivity index (χ4v) is 1.84. The van der Waals surface area contributed by atoms with Crippen molar-refractivity contribution in [3.63, 3.8) is 0 Å². The van der Waals surface area contributed by atoms with Crippen LogP contribution in [0.25, 0.3) is 0 Å². The van der Waals surface area contributed by atoms with Crippen molar-refractivity contribution in [3.8, 4) is 0 Å². The number of hydrogen-bond donors (Lipinski definition) is 1. The van der Waals surface area contributed by atoms with Gasteiger partial charge in [0.2, 0.25) is 0 Å². The summed E-state index contributed by atoms with van der Waals surface area (Å²) in [6, 6.07) is -0.308. The largest absolute Gasteiger partial charge is 0.468 e. The number of carbonyl (C=O) groups excluding carboxylic acids is 1. The van der Waals surface area contributed by atoms with E-state index in [2.05, 4.69) is 25.7 Å². The van der Waals surface area contributed by atoms with Gasteiger partial charge in [0.15, 0.2) is 0 Å².